The zero-order valence-corrected chi connectivity index (χ0v) is 11.6. The van der Waals surface area contributed by atoms with Gasteiger partial charge in [0, 0.05) is 39.1 Å². The summed E-state index contributed by atoms with van der Waals surface area (Å²) in [5.74, 6) is 1.16. The van der Waals surface area contributed by atoms with Crippen LogP contribution in [0.4, 0.5) is 0 Å². The molecule has 0 aromatic carbocycles. The largest absolute Gasteiger partial charge is 0.498 e. The summed E-state index contributed by atoms with van der Waals surface area (Å²) in [5, 5.41) is 0. The molecular weight excluding hydrogens is 224 g/mol. The minimum Gasteiger partial charge on any atom is -0.498 e. The minimum absolute atomic E-state index is 0.869. The lowest BCUT2D eigenvalue weighted by atomic mass is 10.2. The van der Waals surface area contributed by atoms with Crippen molar-refractivity contribution in [3.8, 4) is 0 Å². The average molecular weight is 250 g/mol. The molecule has 0 atom stereocenters. The first-order chi connectivity index (χ1) is 8.88. The lowest BCUT2D eigenvalue weighted by molar-refractivity contribution is 0.121. The smallest absolute Gasteiger partial charge is 0.0962 e. The van der Waals surface area contributed by atoms with Crippen LogP contribution in [0.3, 0.4) is 0 Å². The van der Waals surface area contributed by atoms with Gasteiger partial charge in [-0.15, -0.1) is 0 Å². The number of allylic oxidation sites excluding steroid dienone is 4. The molecule has 3 nitrogen and oxygen atoms in total. The zero-order valence-electron chi connectivity index (χ0n) is 11.6. The highest BCUT2D eigenvalue weighted by molar-refractivity contribution is 5.12. The standard InChI is InChI=1S/C15H26N2O/c1-2-16-10-12-17(13-11-16)9-6-14-18-15-7-4-3-5-8-15/h3-4,7H,2,5-6,8-14H2,1H3. The Balaban J connectivity index is 1.53. The summed E-state index contributed by atoms with van der Waals surface area (Å²) >= 11 is 0. The second-order valence-electron chi connectivity index (χ2n) is 5.08. The molecule has 0 N–H and O–H groups in total. The fraction of sp³-hybridized carbons (Fsp3) is 0.733. The van der Waals surface area contributed by atoms with Gasteiger partial charge in [0.1, 0.15) is 0 Å². The fourth-order valence-electron chi connectivity index (χ4n) is 2.52. The number of ether oxygens (including phenoxy) is 1. The van der Waals surface area contributed by atoms with Gasteiger partial charge in [-0.25, -0.2) is 0 Å². The maximum absolute atomic E-state index is 5.79. The van der Waals surface area contributed by atoms with Crippen LogP contribution in [0.2, 0.25) is 0 Å². The number of hydrogen-bond donors (Lipinski definition) is 0. The van der Waals surface area contributed by atoms with Gasteiger partial charge in [-0.1, -0.05) is 19.1 Å². The van der Waals surface area contributed by atoms with Crippen LogP contribution in [0.25, 0.3) is 0 Å². The van der Waals surface area contributed by atoms with Crippen LogP contribution in [0.1, 0.15) is 26.2 Å². The molecule has 18 heavy (non-hydrogen) atoms. The molecule has 102 valence electrons. The molecule has 0 bridgehead atoms. The molecule has 0 spiro atoms. The molecule has 0 unspecified atom stereocenters. The van der Waals surface area contributed by atoms with E-state index in [0.29, 0.717) is 0 Å². The Bertz CT molecular complexity index is 291. The lowest BCUT2D eigenvalue weighted by Crippen LogP contribution is -2.46. The maximum Gasteiger partial charge on any atom is 0.0962 e. The first-order valence-electron chi connectivity index (χ1n) is 7.31. The highest BCUT2D eigenvalue weighted by Crippen LogP contribution is 2.13. The van der Waals surface area contributed by atoms with Gasteiger partial charge in [-0.2, -0.15) is 0 Å². The topological polar surface area (TPSA) is 15.7 Å². The molecular formula is C15H26N2O. The van der Waals surface area contributed by atoms with Gasteiger partial charge in [0.2, 0.25) is 0 Å². The SMILES string of the molecule is CCN1CCN(CCCOC2=CC=CCC2)CC1. The Morgan fingerprint density at radius 1 is 1.17 bits per heavy atom. The molecule has 0 aromatic heterocycles. The summed E-state index contributed by atoms with van der Waals surface area (Å²) in [5.41, 5.74) is 0. The molecule has 1 aliphatic carbocycles. The third-order valence-corrected chi connectivity index (χ3v) is 3.79. The number of hydrogen-bond acceptors (Lipinski definition) is 3. The van der Waals surface area contributed by atoms with Gasteiger partial charge in [-0.3, -0.25) is 0 Å². The van der Waals surface area contributed by atoms with Gasteiger partial charge in [-0.05, 0) is 25.5 Å². The summed E-state index contributed by atoms with van der Waals surface area (Å²) in [7, 11) is 0. The zero-order chi connectivity index (χ0) is 12.6. The molecule has 0 amide bonds. The Hall–Kier alpha value is -0.800. The van der Waals surface area contributed by atoms with E-state index >= 15 is 0 Å². The van der Waals surface area contributed by atoms with E-state index < -0.39 is 0 Å². The molecule has 1 aliphatic heterocycles. The van der Waals surface area contributed by atoms with Crippen molar-refractivity contribution in [2.24, 2.45) is 0 Å². The number of nitrogens with zero attached hydrogens (tertiary/aromatic N) is 2. The molecule has 1 fully saturated rings. The Morgan fingerprint density at radius 3 is 2.61 bits per heavy atom. The van der Waals surface area contributed by atoms with E-state index in [4.69, 9.17) is 4.74 Å². The van der Waals surface area contributed by atoms with Gasteiger partial charge >= 0.3 is 0 Å². The normalized spacial score (nSPS) is 21.9. The van der Waals surface area contributed by atoms with E-state index in [1.54, 1.807) is 0 Å². The van der Waals surface area contributed by atoms with E-state index in [2.05, 4.69) is 35.0 Å². The van der Waals surface area contributed by atoms with Crippen molar-refractivity contribution < 1.29 is 4.74 Å². The first kappa shape index (κ1) is 13.6. The van der Waals surface area contributed by atoms with Gasteiger partial charge in [0.25, 0.3) is 0 Å². The summed E-state index contributed by atoms with van der Waals surface area (Å²) in [4.78, 5) is 5.08. The van der Waals surface area contributed by atoms with Gasteiger partial charge in [0.05, 0.1) is 12.4 Å². The Morgan fingerprint density at radius 2 is 1.94 bits per heavy atom. The number of likely N-dealkylation sites (N-methyl/N-ethyl adjacent to an activating group) is 1. The van der Waals surface area contributed by atoms with Crippen molar-refractivity contribution in [3.63, 3.8) is 0 Å². The molecule has 3 heteroatoms. The van der Waals surface area contributed by atoms with Gasteiger partial charge < -0.3 is 14.5 Å². The van der Waals surface area contributed by atoms with E-state index in [1.165, 1.54) is 39.3 Å². The number of rotatable bonds is 6. The molecule has 2 aliphatic rings. The third kappa shape index (κ3) is 4.46. The average Bonchev–Trinajstić information content (AvgIpc) is 2.45. The second-order valence-corrected chi connectivity index (χ2v) is 5.08. The molecule has 1 saturated heterocycles. The first-order valence-corrected chi connectivity index (χ1v) is 7.31. The summed E-state index contributed by atoms with van der Waals surface area (Å²) < 4.78 is 5.79. The van der Waals surface area contributed by atoms with Crippen LogP contribution in [-0.2, 0) is 4.74 Å². The molecule has 0 saturated carbocycles. The van der Waals surface area contributed by atoms with E-state index in [-0.39, 0.29) is 0 Å². The van der Waals surface area contributed by atoms with Crippen molar-refractivity contribution in [2.45, 2.75) is 26.2 Å². The van der Waals surface area contributed by atoms with Crippen molar-refractivity contribution in [2.75, 3.05) is 45.9 Å². The Labute approximate surface area is 111 Å². The van der Waals surface area contributed by atoms with Crippen LogP contribution >= 0.6 is 0 Å². The third-order valence-electron chi connectivity index (χ3n) is 3.79. The summed E-state index contributed by atoms with van der Waals surface area (Å²) in [6.45, 7) is 10.4. The van der Waals surface area contributed by atoms with Crippen LogP contribution in [0.15, 0.2) is 24.0 Å². The second kappa shape index (κ2) is 7.59. The van der Waals surface area contributed by atoms with E-state index in [9.17, 15) is 0 Å². The van der Waals surface area contributed by atoms with Crippen LogP contribution in [0.5, 0.6) is 0 Å². The van der Waals surface area contributed by atoms with E-state index in [0.717, 1.165) is 31.6 Å². The summed E-state index contributed by atoms with van der Waals surface area (Å²) in [6.07, 6.45) is 9.75. The lowest BCUT2D eigenvalue weighted by Gasteiger charge is -2.33. The van der Waals surface area contributed by atoms with Crippen molar-refractivity contribution in [1.82, 2.24) is 9.80 Å². The van der Waals surface area contributed by atoms with Crippen LogP contribution < -0.4 is 0 Å². The van der Waals surface area contributed by atoms with Crippen molar-refractivity contribution in [3.05, 3.63) is 24.0 Å². The summed E-state index contributed by atoms with van der Waals surface area (Å²) in [6, 6.07) is 0. The predicted molar refractivity (Wildman–Crippen MR) is 75.6 cm³/mol. The van der Waals surface area contributed by atoms with Crippen molar-refractivity contribution in [1.29, 1.82) is 0 Å². The minimum atomic E-state index is 0.869. The molecule has 2 rings (SSSR count). The maximum atomic E-state index is 5.79. The molecule has 0 radical (unpaired) electrons. The van der Waals surface area contributed by atoms with Crippen LogP contribution in [0, 0.1) is 0 Å². The van der Waals surface area contributed by atoms with Crippen molar-refractivity contribution >= 4 is 0 Å². The van der Waals surface area contributed by atoms with Crippen LogP contribution in [-0.4, -0.2) is 55.7 Å². The highest BCUT2D eigenvalue weighted by atomic mass is 16.5. The highest BCUT2D eigenvalue weighted by Gasteiger charge is 2.14. The molecule has 0 aromatic rings. The van der Waals surface area contributed by atoms with Gasteiger partial charge in [0.15, 0.2) is 0 Å². The fourth-order valence-corrected chi connectivity index (χ4v) is 2.52. The monoisotopic (exact) mass is 250 g/mol. The predicted octanol–water partition coefficient (Wildman–Crippen LogP) is 2.26. The van der Waals surface area contributed by atoms with E-state index in [1.807, 2.05) is 0 Å². The molecule has 1 heterocycles. The number of piperazine rings is 1. The Kier molecular flexibility index (Phi) is 5.75. The quantitative estimate of drug-likeness (QED) is 0.673.